The lowest BCUT2D eigenvalue weighted by atomic mass is 9.82. The van der Waals surface area contributed by atoms with Crippen LogP contribution in [0.5, 0.6) is 0 Å². The number of hydrogen-bond acceptors (Lipinski definition) is 5. The van der Waals surface area contributed by atoms with Gasteiger partial charge in [0.1, 0.15) is 11.6 Å². The Kier molecular flexibility index (Phi) is 8.85. The molecule has 1 aromatic carbocycles. The molecule has 0 aliphatic carbocycles. The van der Waals surface area contributed by atoms with Crippen molar-refractivity contribution in [1.82, 2.24) is 9.80 Å². The highest BCUT2D eigenvalue weighted by Crippen LogP contribution is 2.40. The fraction of sp³-hybridized carbons (Fsp3) is 0.667. The molecule has 3 rings (SSSR count). The van der Waals surface area contributed by atoms with Crippen LogP contribution in [0.15, 0.2) is 12.1 Å². The normalized spacial score (nSPS) is 22.8. The van der Waals surface area contributed by atoms with E-state index in [2.05, 4.69) is 0 Å². The number of piperidine rings is 1. The summed E-state index contributed by atoms with van der Waals surface area (Å²) in [5.41, 5.74) is 6.34. The van der Waals surface area contributed by atoms with Crippen LogP contribution in [0.25, 0.3) is 0 Å². The summed E-state index contributed by atoms with van der Waals surface area (Å²) in [4.78, 5) is 28.3. The van der Waals surface area contributed by atoms with Crippen molar-refractivity contribution < 1.29 is 31.2 Å². The minimum atomic E-state index is -3.72. The fourth-order valence-corrected chi connectivity index (χ4v) is 6.61. The van der Waals surface area contributed by atoms with E-state index in [1.54, 1.807) is 18.7 Å². The van der Waals surface area contributed by atoms with Crippen molar-refractivity contribution in [1.29, 1.82) is 0 Å². The number of amides is 2. The first-order valence-corrected chi connectivity index (χ1v) is 14.0. The summed E-state index contributed by atoms with van der Waals surface area (Å²) in [6, 6.07) is 0.690. The first-order chi connectivity index (χ1) is 16.5. The van der Waals surface area contributed by atoms with Crippen LogP contribution < -0.4 is 5.73 Å². The Morgan fingerprint density at radius 2 is 1.63 bits per heavy atom. The zero-order valence-electron chi connectivity index (χ0n) is 20.2. The van der Waals surface area contributed by atoms with Crippen LogP contribution in [0.3, 0.4) is 0 Å². The number of benzene rings is 1. The van der Waals surface area contributed by atoms with E-state index in [0.29, 0.717) is 32.0 Å². The summed E-state index contributed by atoms with van der Waals surface area (Å²) >= 11 is 0. The molecular formula is C24H34F3N3O4S. The standard InChI is InChI=1S/C24H34F3N3O4S/c1-3-29(4-2)24(32)14-35(33,34)8-7-23(31)30-17-5-6-18(30)10-16(9-17)22(28)12-15-11-20(26)21(27)13-19(15)25/h11,13,16-18,22H,3-10,12,14,28H2,1-2H3/t16-,17+,18-,22-/m1/s1. The summed E-state index contributed by atoms with van der Waals surface area (Å²) < 4.78 is 65.6. The highest BCUT2D eigenvalue weighted by Gasteiger charge is 2.44. The predicted molar refractivity (Wildman–Crippen MR) is 126 cm³/mol. The van der Waals surface area contributed by atoms with Gasteiger partial charge in [-0.15, -0.1) is 0 Å². The average Bonchev–Trinajstić information content (AvgIpc) is 3.05. The molecule has 2 bridgehead atoms. The molecule has 2 amide bonds. The van der Waals surface area contributed by atoms with Crippen molar-refractivity contribution in [2.24, 2.45) is 11.7 Å². The van der Waals surface area contributed by atoms with Gasteiger partial charge < -0.3 is 15.5 Å². The van der Waals surface area contributed by atoms with E-state index in [4.69, 9.17) is 5.73 Å². The third-order valence-electron chi connectivity index (χ3n) is 7.29. The molecule has 4 atom stereocenters. The first-order valence-electron chi connectivity index (χ1n) is 12.1. The molecule has 0 radical (unpaired) electrons. The molecule has 2 aliphatic rings. The number of nitrogens with two attached hydrogens (primary N) is 1. The molecule has 0 aromatic heterocycles. The third-order valence-corrected chi connectivity index (χ3v) is 8.81. The van der Waals surface area contributed by atoms with Crippen LogP contribution in [0.2, 0.25) is 0 Å². The minimum Gasteiger partial charge on any atom is -0.342 e. The van der Waals surface area contributed by atoms with E-state index in [0.717, 1.165) is 18.9 Å². The maximum atomic E-state index is 14.0. The van der Waals surface area contributed by atoms with E-state index in [1.807, 2.05) is 0 Å². The van der Waals surface area contributed by atoms with E-state index < -0.39 is 45.0 Å². The second kappa shape index (κ2) is 11.3. The van der Waals surface area contributed by atoms with Gasteiger partial charge in [-0.2, -0.15) is 0 Å². The SMILES string of the molecule is CCN(CC)C(=O)CS(=O)(=O)CCC(=O)N1[C@@H]2CC[C@H]1C[C@@H]([C@H](N)Cc1cc(F)c(F)cc1F)C2. The van der Waals surface area contributed by atoms with Crippen molar-refractivity contribution in [2.75, 3.05) is 24.6 Å². The van der Waals surface area contributed by atoms with Crippen LogP contribution >= 0.6 is 0 Å². The minimum absolute atomic E-state index is 0.0201. The fourth-order valence-electron chi connectivity index (χ4n) is 5.42. The number of fused-ring (bicyclic) bond motifs is 2. The molecule has 11 heteroatoms. The molecule has 35 heavy (non-hydrogen) atoms. The number of carbonyl (C=O) groups excluding carboxylic acids is 2. The van der Waals surface area contributed by atoms with Gasteiger partial charge >= 0.3 is 0 Å². The number of sulfone groups is 1. The molecule has 0 unspecified atom stereocenters. The second-order valence-corrected chi connectivity index (χ2v) is 11.7. The Bertz CT molecular complexity index is 1030. The van der Waals surface area contributed by atoms with Gasteiger partial charge in [0.15, 0.2) is 21.5 Å². The van der Waals surface area contributed by atoms with E-state index in [1.165, 1.54) is 4.90 Å². The Balaban J connectivity index is 1.56. The van der Waals surface area contributed by atoms with Gasteiger partial charge in [0.25, 0.3) is 0 Å². The number of hydrogen-bond donors (Lipinski definition) is 1. The van der Waals surface area contributed by atoms with Gasteiger partial charge in [-0.25, -0.2) is 21.6 Å². The van der Waals surface area contributed by atoms with Crippen molar-refractivity contribution in [3.05, 3.63) is 35.1 Å². The molecule has 1 aromatic rings. The van der Waals surface area contributed by atoms with Gasteiger partial charge in [-0.05, 0) is 63.5 Å². The lowest BCUT2D eigenvalue weighted by molar-refractivity contribution is -0.136. The van der Waals surface area contributed by atoms with Crippen molar-refractivity contribution in [2.45, 2.75) is 70.5 Å². The topological polar surface area (TPSA) is 101 Å². The van der Waals surface area contributed by atoms with Crippen molar-refractivity contribution in [3.8, 4) is 0 Å². The summed E-state index contributed by atoms with van der Waals surface area (Å²) in [7, 11) is -3.72. The van der Waals surface area contributed by atoms with E-state index >= 15 is 0 Å². The quantitative estimate of drug-likeness (QED) is 0.481. The molecule has 2 aliphatic heterocycles. The largest absolute Gasteiger partial charge is 0.342 e. The highest BCUT2D eigenvalue weighted by atomic mass is 32.2. The van der Waals surface area contributed by atoms with E-state index in [-0.39, 0.29) is 48.1 Å². The Hall–Kier alpha value is -2.14. The molecule has 2 saturated heterocycles. The molecule has 0 saturated carbocycles. The lowest BCUT2D eigenvalue weighted by Gasteiger charge is -2.41. The van der Waals surface area contributed by atoms with E-state index in [9.17, 15) is 31.2 Å². The zero-order chi connectivity index (χ0) is 25.9. The number of rotatable bonds is 10. The number of carbonyl (C=O) groups is 2. The Labute approximate surface area is 204 Å². The molecule has 7 nitrogen and oxygen atoms in total. The van der Waals surface area contributed by atoms with Crippen LogP contribution in [0, 0.1) is 23.4 Å². The monoisotopic (exact) mass is 517 g/mol. The highest BCUT2D eigenvalue weighted by molar-refractivity contribution is 7.92. The lowest BCUT2D eigenvalue weighted by Crippen LogP contribution is -2.50. The molecule has 2 fully saturated rings. The summed E-state index contributed by atoms with van der Waals surface area (Å²) in [5.74, 6) is -4.94. The maximum Gasteiger partial charge on any atom is 0.237 e. The number of nitrogens with zero attached hydrogens (tertiary/aromatic N) is 2. The van der Waals surface area contributed by atoms with Crippen LogP contribution in [0.4, 0.5) is 13.2 Å². The summed E-state index contributed by atoms with van der Waals surface area (Å²) in [6.45, 7) is 4.40. The maximum absolute atomic E-state index is 14.0. The van der Waals surface area contributed by atoms with Crippen molar-refractivity contribution in [3.63, 3.8) is 0 Å². The summed E-state index contributed by atoms with van der Waals surface area (Å²) in [6.07, 6.45) is 2.58. The molecular weight excluding hydrogens is 483 g/mol. The zero-order valence-corrected chi connectivity index (χ0v) is 21.0. The predicted octanol–water partition coefficient (Wildman–Crippen LogP) is 2.42. The molecule has 196 valence electrons. The second-order valence-electron chi connectivity index (χ2n) is 9.55. The van der Waals surface area contributed by atoms with Crippen LogP contribution in [-0.4, -0.2) is 72.8 Å². The van der Waals surface area contributed by atoms with Gasteiger partial charge in [-0.1, -0.05) is 0 Å². The first kappa shape index (κ1) is 27.4. The number of halogens is 3. The van der Waals surface area contributed by atoms with Gasteiger partial charge in [0, 0.05) is 43.7 Å². The third kappa shape index (κ3) is 6.55. The van der Waals surface area contributed by atoms with Gasteiger partial charge in [-0.3, -0.25) is 9.59 Å². The molecule has 0 spiro atoms. The summed E-state index contributed by atoms with van der Waals surface area (Å²) in [5, 5.41) is 0. The molecule has 2 heterocycles. The van der Waals surface area contributed by atoms with Crippen LogP contribution in [0.1, 0.15) is 51.5 Å². The van der Waals surface area contributed by atoms with Gasteiger partial charge in [0.2, 0.25) is 11.8 Å². The average molecular weight is 518 g/mol. The Morgan fingerprint density at radius 3 is 2.20 bits per heavy atom. The Morgan fingerprint density at radius 1 is 1.06 bits per heavy atom. The van der Waals surface area contributed by atoms with Crippen LogP contribution in [-0.2, 0) is 25.8 Å². The van der Waals surface area contributed by atoms with Gasteiger partial charge in [0.05, 0.1) is 5.75 Å². The van der Waals surface area contributed by atoms with Crippen molar-refractivity contribution >= 4 is 21.7 Å². The molecule has 2 N–H and O–H groups in total. The smallest absolute Gasteiger partial charge is 0.237 e.